The van der Waals surface area contributed by atoms with Gasteiger partial charge in [0.05, 0.1) is 18.5 Å². The maximum atomic E-state index is 12.3. The minimum absolute atomic E-state index is 0.188. The predicted octanol–water partition coefficient (Wildman–Crippen LogP) is 1.92. The topological polar surface area (TPSA) is 72.4 Å². The number of rotatable bonds is 4. The number of furan rings is 1. The molecule has 2 aromatic rings. The molecule has 5 heteroatoms. The van der Waals surface area contributed by atoms with E-state index >= 15 is 0 Å². The lowest BCUT2D eigenvalue weighted by molar-refractivity contribution is 0.0736. The van der Waals surface area contributed by atoms with Crippen LogP contribution in [-0.4, -0.2) is 22.3 Å². The Morgan fingerprint density at radius 2 is 2.28 bits per heavy atom. The summed E-state index contributed by atoms with van der Waals surface area (Å²) in [6.45, 7) is 2.88. The molecule has 0 aromatic carbocycles. The van der Waals surface area contributed by atoms with Crippen LogP contribution < -0.4 is 5.73 Å². The molecule has 1 amide bonds. The highest BCUT2D eigenvalue weighted by Gasteiger charge is 2.18. The van der Waals surface area contributed by atoms with Crippen molar-refractivity contribution < 1.29 is 9.21 Å². The lowest BCUT2D eigenvalue weighted by atomic mass is 10.2. The highest BCUT2D eigenvalue weighted by molar-refractivity contribution is 5.96. The second-order valence-corrected chi connectivity index (χ2v) is 3.84. The molecule has 0 aliphatic rings. The summed E-state index contributed by atoms with van der Waals surface area (Å²) in [6.07, 6.45) is 3.15. The number of nitrogen functional groups attached to an aromatic ring is 1. The van der Waals surface area contributed by atoms with Crippen LogP contribution in [0, 0.1) is 0 Å². The van der Waals surface area contributed by atoms with E-state index in [0.29, 0.717) is 18.8 Å². The fourth-order valence-electron chi connectivity index (χ4n) is 1.66. The molecule has 2 N–H and O–H groups in total. The number of nitrogens with zero attached hydrogens (tertiary/aromatic N) is 2. The van der Waals surface area contributed by atoms with Crippen LogP contribution in [0.2, 0.25) is 0 Å². The number of carbonyl (C=O) groups excluding carboxylic acids is 1. The van der Waals surface area contributed by atoms with E-state index in [0.717, 1.165) is 5.76 Å². The minimum Gasteiger partial charge on any atom is -0.467 e. The third kappa shape index (κ3) is 2.51. The van der Waals surface area contributed by atoms with E-state index < -0.39 is 0 Å². The Bertz CT molecular complexity index is 523. The molecule has 2 rings (SSSR count). The van der Waals surface area contributed by atoms with Gasteiger partial charge in [-0.25, -0.2) is 4.98 Å². The molecule has 0 saturated heterocycles. The van der Waals surface area contributed by atoms with Crippen molar-refractivity contribution in [1.82, 2.24) is 9.88 Å². The first-order chi connectivity index (χ1) is 8.72. The average Bonchev–Trinajstić information content (AvgIpc) is 2.88. The van der Waals surface area contributed by atoms with Gasteiger partial charge in [-0.3, -0.25) is 4.79 Å². The third-order valence-electron chi connectivity index (χ3n) is 2.64. The third-order valence-corrected chi connectivity index (χ3v) is 2.64. The zero-order chi connectivity index (χ0) is 13.0. The summed E-state index contributed by atoms with van der Waals surface area (Å²) < 4.78 is 5.24. The monoisotopic (exact) mass is 245 g/mol. The molecule has 0 aliphatic carbocycles. The number of carbonyl (C=O) groups is 1. The number of hydrogen-bond acceptors (Lipinski definition) is 4. The lowest BCUT2D eigenvalue weighted by Gasteiger charge is -2.19. The molecule has 0 atom stereocenters. The number of pyridine rings is 1. The average molecular weight is 245 g/mol. The van der Waals surface area contributed by atoms with Crippen LogP contribution in [0.4, 0.5) is 5.69 Å². The minimum atomic E-state index is -0.188. The standard InChI is InChI=1S/C13H15N3O2/c1-2-16(9-10-5-4-8-18-10)13(17)12-11(14)6-3-7-15-12/h3-8H,2,9,14H2,1H3. The quantitative estimate of drug-likeness (QED) is 0.893. The van der Waals surface area contributed by atoms with Gasteiger partial charge in [0.25, 0.3) is 5.91 Å². The Morgan fingerprint density at radius 1 is 1.44 bits per heavy atom. The summed E-state index contributed by atoms with van der Waals surface area (Å²) in [5.41, 5.74) is 6.43. The number of hydrogen-bond donors (Lipinski definition) is 1. The molecule has 18 heavy (non-hydrogen) atoms. The van der Waals surface area contributed by atoms with Gasteiger partial charge >= 0.3 is 0 Å². The van der Waals surface area contributed by atoms with Gasteiger partial charge in [-0.05, 0) is 31.2 Å². The van der Waals surface area contributed by atoms with Crippen molar-refractivity contribution in [3.05, 3.63) is 48.2 Å². The highest BCUT2D eigenvalue weighted by Crippen LogP contribution is 2.13. The summed E-state index contributed by atoms with van der Waals surface area (Å²) >= 11 is 0. The smallest absolute Gasteiger partial charge is 0.274 e. The molecular formula is C13H15N3O2. The fraction of sp³-hybridized carbons (Fsp3) is 0.231. The molecule has 94 valence electrons. The number of aromatic nitrogens is 1. The fourth-order valence-corrected chi connectivity index (χ4v) is 1.66. The number of amides is 1. The van der Waals surface area contributed by atoms with E-state index in [-0.39, 0.29) is 11.6 Å². The largest absolute Gasteiger partial charge is 0.467 e. The second-order valence-electron chi connectivity index (χ2n) is 3.84. The summed E-state index contributed by atoms with van der Waals surface area (Å²) in [5.74, 6) is 0.548. The normalized spacial score (nSPS) is 10.3. The van der Waals surface area contributed by atoms with E-state index in [1.165, 1.54) is 0 Å². The Labute approximate surface area is 105 Å². The Hall–Kier alpha value is -2.30. The maximum Gasteiger partial charge on any atom is 0.274 e. The van der Waals surface area contributed by atoms with Crippen molar-refractivity contribution in [2.75, 3.05) is 12.3 Å². The molecule has 5 nitrogen and oxygen atoms in total. The lowest BCUT2D eigenvalue weighted by Crippen LogP contribution is -2.31. The van der Waals surface area contributed by atoms with Crippen molar-refractivity contribution >= 4 is 11.6 Å². The maximum absolute atomic E-state index is 12.3. The molecule has 0 radical (unpaired) electrons. The first-order valence-corrected chi connectivity index (χ1v) is 5.74. The van der Waals surface area contributed by atoms with Crippen LogP contribution in [0.25, 0.3) is 0 Å². The molecular weight excluding hydrogens is 230 g/mol. The molecule has 2 aromatic heterocycles. The molecule has 0 fully saturated rings. The van der Waals surface area contributed by atoms with Crippen LogP contribution in [0.15, 0.2) is 41.1 Å². The zero-order valence-corrected chi connectivity index (χ0v) is 10.2. The van der Waals surface area contributed by atoms with Gasteiger partial charge in [0, 0.05) is 12.7 Å². The Balaban J connectivity index is 2.18. The Morgan fingerprint density at radius 3 is 2.89 bits per heavy atom. The van der Waals surface area contributed by atoms with Crippen LogP contribution in [0.3, 0.4) is 0 Å². The van der Waals surface area contributed by atoms with Crippen LogP contribution >= 0.6 is 0 Å². The van der Waals surface area contributed by atoms with Gasteiger partial charge in [0.2, 0.25) is 0 Å². The van der Waals surface area contributed by atoms with E-state index in [4.69, 9.17) is 10.2 Å². The van der Waals surface area contributed by atoms with Crippen LogP contribution in [-0.2, 0) is 6.54 Å². The second kappa shape index (κ2) is 5.35. The number of nitrogens with two attached hydrogens (primary N) is 1. The summed E-state index contributed by atoms with van der Waals surface area (Å²) in [7, 11) is 0. The summed E-state index contributed by atoms with van der Waals surface area (Å²) in [5, 5.41) is 0. The predicted molar refractivity (Wildman–Crippen MR) is 67.8 cm³/mol. The molecule has 0 spiro atoms. The first-order valence-electron chi connectivity index (χ1n) is 5.74. The van der Waals surface area contributed by atoms with Gasteiger partial charge in [-0.1, -0.05) is 0 Å². The van der Waals surface area contributed by atoms with Crippen molar-refractivity contribution in [3.8, 4) is 0 Å². The van der Waals surface area contributed by atoms with Gasteiger partial charge in [0.15, 0.2) is 5.69 Å². The van der Waals surface area contributed by atoms with Gasteiger partial charge < -0.3 is 15.1 Å². The van der Waals surface area contributed by atoms with E-state index in [9.17, 15) is 4.79 Å². The summed E-state index contributed by atoms with van der Waals surface area (Å²) in [6, 6.07) is 7.00. The van der Waals surface area contributed by atoms with Crippen molar-refractivity contribution in [3.63, 3.8) is 0 Å². The zero-order valence-electron chi connectivity index (χ0n) is 10.2. The highest BCUT2D eigenvalue weighted by atomic mass is 16.3. The molecule has 0 unspecified atom stereocenters. The molecule has 0 aliphatic heterocycles. The van der Waals surface area contributed by atoms with E-state index in [1.807, 2.05) is 13.0 Å². The van der Waals surface area contributed by atoms with E-state index in [1.54, 1.807) is 35.6 Å². The SMILES string of the molecule is CCN(Cc1ccco1)C(=O)c1ncccc1N. The molecule has 0 saturated carbocycles. The van der Waals surface area contributed by atoms with Crippen molar-refractivity contribution in [2.24, 2.45) is 0 Å². The van der Waals surface area contributed by atoms with Gasteiger partial charge in [-0.2, -0.15) is 0 Å². The van der Waals surface area contributed by atoms with Crippen molar-refractivity contribution in [1.29, 1.82) is 0 Å². The Kier molecular flexibility index (Phi) is 3.62. The van der Waals surface area contributed by atoms with Crippen LogP contribution in [0.1, 0.15) is 23.2 Å². The number of anilines is 1. The van der Waals surface area contributed by atoms with Gasteiger partial charge in [-0.15, -0.1) is 0 Å². The van der Waals surface area contributed by atoms with E-state index in [2.05, 4.69) is 4.98 Å². The first kappa shape index (κ1) is 12.2. The van der Waals surface area contributed by atoms with Crippen molar-refractivity contribution in [2.45, 2.75) is 13.5 Å². The molecule has 0 bridgehead atoms. The molecule has 2 heterocycles. The summed E-state index contributed by atoms with van der Waals surface area (Å²) in [4.78, 5) is 17.9. The van der Waals surface area contributed by atoms with Gasteiger partial charge in [0.1, 0.15) is 5.76 Å². The van der Waals surface area contributed by atoms with Crippen LogP contribution in [0.5, 0.6) is 0 Å².